The van der Waals surface area contributed by atoms with Gasteiger partial charge in [-0.1, -0.05) is 13.0 Å². The molecule has 1 fully saturated rings. The van der Waals surface area contributed by atoms with Crippen LogP contribution in [-0.2, 0) is 27.7 Å². The minimum atomic E-state index is -3.49. The van der Waals surface area contributed by atoms with E-state index < -0.39 is 10.0 Å². The van der Waals surface area contributed by atoms with E-state index in [1.54, 1.807) is 12.1 Å². The normalized spacial score (nSPS) is 22.6. The minimum absolute atomic E-state index is 0.106. The van der Waals surface area contributed by atoms with Gasteiger partial charge in [0.15, 0.2) is 0 Å². The molecule has 1 aliphatic heterocycles. The Morgan fingerprint density at radius 3 is 2.71 bits per heavy atom. The average molecular weight is 312 g/mol. The van der Waals surface area contributed by atoms with Gasteiger partial charge in [-0.3, -0.25) is 0 Å². The van der Waals surface area contributed by atoms with Crippen LogP contribution in [0.25, 0.3) is 0 Å². The van der Waals surface area contributed by atoms with Crippen LogP contribution in [0.15, 0.2) is 23.1 Å². The number of rotatable bonds is 6. The zero-order chi connectivity index (χ0) is 15.5. The van der Waals surface area contributed by atoms with E-state index >= 15 is 0 Å². The summed E-state index contributed by atoms with van der Waals surface area (Å²) in [5.74, 6) is 0.240. The third kappa shape index (κ3) is 3.83. The fraction of sp³-hybridized carbons (Fsp3) is 0.600. The first-order chi connectivity index (χ1) is 9.97. The molecule has 118 valence electrons. The first kappa shape index (κ1) is 16.4. The molecule has 0 amide bonds. The number of aryl methyl sites for hydroxylation is 1. The minimum Gasteiger partial charge on any atom is -0.378 e. The van der Waals surface area contributed by atoms with Crippen molar-refractivity contribution in [3.63, 3.8) is 0 Å². The van der Waals surface area contributed by atoms with E-state index in [1.807, 2.05) is 19.9 Å². The number of nitrogens with one attached hydrogen (secondary N) is 1. The smallest absolute Gasteiger partial charge is 0.240 e. The third-order valence-electron chi connectivity index (χ3n) is 4.16. The van der Waals surface area contributed by atoms with Crippen molar-refractivity contribution in [1.29, 1.82) is 0 Å². The number of hydrogen-bond donors (Lipinski definition) is 2. The molecule has 2 unspecified atom stereocenters. The second kappa shape index (κ2) is 6.87. The van der Waals surface area contributed by atoms with Crippen LogP contribution >= 0.6 is 0 Å². The highest BCUT2D eigenvalue weighted by molar-refractivity contribution is 7.89. The molecule has 5 nitrogen and oxygen atoms in total. The number of nitrogens with two attached hydrogens (primary N) is 1. The van der Waals surface area contributed by atoms with Crippen LogP contribution < -0.4 is 10.5 Å². The van der Waals surface area contributed by atoms with Crippen molar-refractivity contribution in [2.24, 2.45) is 11.7 Å². The van der Waals surface area contributed by atoms with E-state index in [2.05, 4.69) is 4.72 Å². The fourth-order valence-electron chi connectivity index (χ4n) is 2.65. The molecule has 21 heavy (non-hydrogen) atoms. The van der Waals surface area contributed by atoms with Crippen molar-refractivity contribution in [1.82, 2.24) is 4.72 Å². The lowest BCUT2D eigenvalue weighted by atomic mass is 10.0. The number of benzene rings is 1. The topological polar surface area (TPSA) is 81.4 Å². The molecule has 0 bridgehead atoms. The Balaban J connectivity index is 2.11. The van der Waals surface area contributed by atoms with Gasteiger partial charge in [0.25, 0.3) is 0 Å². The molecule has 1 aromatic rings. The van der Waals surface area contributed by atoms with Crippen LogP contribution in [-0.4, -0.2) is 27.7 Å². The van der Waals surface area contributed by atoms with Crippen molar-refractivity contribution in [2.75, 3.05) is 13.2 Å². The molecule has 2 atom stereocenters. The lowest BCUT2D eigenvalue weighted by Crippen LogP contribution is -2.32. The van der Waals surface area contributed by atoms with Gasteiger partial charge >= 0.3 is 0 Å². The Bertz CT molecular complexity index is 587. The third-order valence-corrected chi connectivity index (χ3v) is 5.58. The second-order valence-electron chi connectivity index (χ2n) is 5.46. The van der Waals surface area contributed by atoms with Crippen LogP contribution in [0.2, 0.25) is 0 Å². The molecule has 0 radical (unpaired) electrons. The standard InChI is InChI=1S/C15H24N2O3S/c1-3-12-4-5-15(8-14(12)9-16)21(18,19)17-10-13-6-7-20-11(13)2/h4-5,8,11,13,17H,3,6-7,9-10,16H2,1-2H3. The summed E-state index contributed by atoms with van der Waals surface area (Å²) in [6.07, 6.45) is 1.85. The van der Waals surface area contributed by atoms with Gasteiger partial charge in [-0.2, -0.15) is 0 Å². The number of ether oxygens (including phenoxy) is 1. The maximum absolute atomic E-state index is 12.4. The zero-order valence-electron chi connectivity index (χ0n) is 12.6. The van der Waals surface area contributed by atoms with Crippen molar-refractivity contribution >= 4 is 10.0 Å². The molecule has 0 aliphatic carbocycles. The summed E-state index contributed by atoms with van der Waals surface area (Å²) >= 11 is 0. The highest BCUT2D eigenvalue weighted by atomic mass is 32.2. The van der Waals surface area contributed by atoms with Gasteiger partial charge in [-0.05, 0) is 43.0 Å². The number of sulfonamides is 1. The first-order valence-electron chi connectivity index (χ1n) is 7.41. The van der Waals surface area contributed by atoms with E-state index in [9.17, 15) is 8.42 Å². The first-order valence-corrected chi connectivity index (χ1v) is 8.89. The quantitative estimate of drug-likeness (QED) is 0.832. The Morgan fingerprint density at radius 1 is 1.38 bits per heavy atom. The molecule has 0 saturated carbocycles. The summed E-state index contributed by atoms with van der Waals surface area (Å²) in [6.45, 7) is 5.48. The van der Waals surface area contributed by atoms with E-state index in [0.29, 0.717) is 19.7 Å². The van der Waals surface area contributed by atoms with E-state index in [1.165, 1.54) is 0 Å². The SMILES string of the molecule is CCc1ccc(S(=O)(=O)NCC2CCOC2C)cc1CN. The maximum atomic E-state index is 12.4. The number of hydrogen-bond acceptors (Lipinski definition) is 4. The van der Waals surface area contributed by atoms with Gasteiger partial charge in [-0.15, -0.1) is 0 Å². The highest BCUT2D eigenvalue weighted by Crippen LogP contribution is 2.21. The van der Waals surface area contributed by atoms with Crippen LogP contribution in [0.1, 0.15) is 31.4 Å². The largest absolute Gasteiger partial charge is 0.378 e. The molecule has 3 N–H and O–H groups in total. The Labute approximate surface area is 126 Å². The molecule has 1 aliphatic rings. The molecule has 0 spiro atoms. The lowest BCUT2D eigenvalue weighted by molar-refractivity contribution is 0.107. The predicted octanol–water partition coefficient (Wildman–Crippen LogP) is 1.41. The summed E-state index contributed by atoms with van der Waals surface area (Å²) in [7, 11) is -3.49. The highest BCUT2D eigenvalue weighted by Gasteiger charge is 2.26. The average Bonchev–Trinajstić information content (AvgIpc) is 2.89. The second-order valence-corrected chi connectivity index (χ2v) is 7.23. The Kier molecular flexibility index (Phi) is 5.37. The van der Waals surface area contributed by atoms with Crippen LogP contribution in [0.5, 0.6) is 0 Å². The molecular formula is C15H24N2O3S. The summed E-state index contributed by atoms with van der Waals surface area (Å²) in [6, 6.07) is 5.17. The van der Waals surface area contributed by atoms with Crippen LogP contribution in [0, 0.1) is 5.92 Å². The Morgan fingerprint density at radius 2 is 2.14 bits per heavy atom. The molecular weight excluding hydrogens is 288 g/mol. The molecule has 1 saturated heterocycles. The van der Waals surface area contributed by atoms with Gasteiger partial charge in [0.2, 0.25) is 10.0 Å². The van der Waals surface area contributed by atoms with Crippen molar-refractivity contribution in [2.45, 2.75) is 44.2 Å². The summed E-state index contributed by atoms with van der Waals surface area (Å²) in [5.41, 5.74) is 7.68. The van der Waals surface area contributed by atoms with E-state index in [4.69, 9.17) is 10.5 Å². The molecule has 1 aromatic carbocycles. The van der Waals surface area contributed by atoms with Gasteiger partial charge in [0.05, 0.1) is 11.0 Å². The zero-order valence-corrected chi connectivity index (χ0v) is 13.4. The van der Waals surface area contributed by atoms with Crippen molar-refractivity contribution in [3.05, 3.63) is 29.3 Å². The summed E-state index contributed by atoms with van der Waals surface area (Å²) in [4.78, 5) is 0.284. The molecule has 2 rings (SSSR count). The van der Waals surface area contributed by atoms with Gasteiger partial charge in [0.1, 0.15) is 0 Å². The predicted molar refractivity (Wildman–Crippen MR) is 82.4 cm³/mol. The van der Waals surface area contributed by atoms with Gasteiger partial charge < -0.3 is 10.5 Å². The Hall–Kier alpha value is -0.950. The van der Waals surface area contributed by atoms with Gasteiger partial charge in [0, 0.05) is 25.6 Å². The summed E-state index contributed by atoms with van der Waals surface area (Å²) < 4.78 is 32.9. The molecule has 0 aromatic heterocycles. The van der Waals surface area contributed by atoms with Crippen molar-refractivity contribution < 1.29 is 13.2 Å². The van der Waals surface area contributed by atoms with E-state index in [-0.39, 0.29) is 16.9 Å². The maximum Gasteiger partial charge on any atom is 0.240 e. The van der Waals surface area contributed by atoms with Crippen LogP contribution in [0.4, 0.5) is 0 Å². The fourth-order valence-corrected chi connectivity index (χ4v) is 3.79. The van der Waals surface area contributed by atoms with Crippen LogP contribution in [0.3, 0.4) is 0 Å². The van der Waals surface area contributed by atoms with Gasteiger partial charge in [-0.25, -0.2) is 13.1 Å². The van der Waals surface area contributed by atoms with Crippen molar-refractivity contribution in [3.8, 4) is 0 Å². The van der Waals surface area contributed by atoms with E-state index in [0.717, 1.165) is 24.0 Å². The summed E-state index contributed by atoms with van der Waals surface area (Å²) in [5, 5.41) is 0. The molecule has 6 heteroatoms. The monoisotopic (exact) mass is 312 g/mol. The lowest BCUT2D eigenvalue weighted by Gasteiger charge is -2.15. The molecule has 1 heterocycles.